The number of hydrogen-bond donors (Lipinski definition) is 1. The molecule has 0 atom stereocenters. The molecule has 0 bridgehead atoms. The highest BCUT2D eigenvalue weighted by molar-refractivity contribution is 7.89. The fourth-order valence-electron chi connectivity index (χ4n) is 2.70. The molecule has 6 heteroatoms. The monoisotopic (exact) mass is 295 g/mol. The van der Waals surface area contributed by atoms with Gasteiger partial charge in [0, 0.05) is 45.3 Å². The van der Waals surface area contributed by atoms with E-state index < -0.39 is 10.0 Å². The van der Waals surface area contributed by atoms with E-state index in [0.29, 0.717) is 24.0 Å². The van der Waals surface area contributed by atoms with Crippen LogP contribution in [0.2, 0.25) is 0 Å². The van der Waals surface area contributed by atoms with Gasteiger partial charge in [0.2, 0.25) is 10.0 Å². The fraction of sp³-hybridized carbons (Fsp3) is 0.571. The maximum Gasteiger partial charge on any atom is 0.243 e. The van der Waals surface area contributed by atoms with Gasteiger partial charge in [-0.1, -0.05) is 17.7 Å². The Morgan fingerprint density at radius 1 is 1.05 bits per heavy atom. The lowest BCUT2D eigenvalue weighted by Crippen LogP contribution is -2.62. The van der Waals surface area contributed by atoms with Crippen molar-refractivity contribution in [2.45, 2.75) is 17.9 Å². The number of nitrogens with zero attached hydrogens (tertiary/aromatic N) is 2. The van der Waals surface area contributed by atoms with Gasteiger partial charge in [-0.25, -0.2) is 8.42 Å². The third-order valence-corrected chi connectivity index (χ3v) is 6.12. The molecule has 3 rings (SSSR count). The number of benzene rings is 1. The minimum absolute atomic E-state index is 0.405. The Hall–Kier alpha value is -0.950. The van der Waals surface area contributed by atoms with Crippen LogP contribution in [0, 0.1) is 6.92 Å². The van der Waals surface area contributed by atoms with Crippen LogP contribution in [0.4, 0.5) is 0 Å². The highest BCUT2D eigenvalue weighted by atomic mass is 32.2. The molecule has 5 nitrogen and oxygen atoms in total. The van der Waals surface area contributed by atoms with Crippen molar-refractivity contribution in [1.29, 1.82) is 0 Å². The van der Waals surface area contributed by atoms with Crippen LogP contribution in [-0.4, -0.2) is 62.9 Å². The van der Waals surface area contributed by atoms with Crippen molar-refractivity contribution in [1.82, 2.24) is 14.5 Å². The van der Waals surface area contributed by atoms with Gasteiger partial charge in [-0.15, -0.1) is 0 Å². The van der Waals surface area contributed by atoms with Gasteiger partial charge in [0.05, 0.1) is 4.90 Å². The molecule has 20 heavy (non-hydrogen) atoms. The normalized spacial score (nSPS) is 22.6. The molecule has 1 aromatic rings. The molecule has 2 saturated heterocycles. The number of aryl methyl sites for hydroxylation is 1. The molecule has 0 unspecified atom stereocenters. The van der Waals surface area contributed by atoms with Crippen molar-refractivity contribution in [3.05, 3.63) is 29.8 Å². The molecule has 2 fully saturated rings. The Labute approximate surface area is 120 Å². The molecule has 0 aliphatic carbocycles. The van der Waals surface area contributed by atoms with Gasteiger partial charge in [0.15, 0.2) is 0 Å². The third-order valence-electron chi connectivity index (χ3n) is 4.21. The molecular formula is C14H21N3O2S. The van der Waals surface area contributed by atoms with Gasteiger partial charge >= 0.3 is 0 Å². The molecule has 2 aliphatic heterocycles. The second kappa shape index (κ2) is 5.44. The zero-order valence-electron chi connectivity index (χ0n) is 11.7. The van der Waals surface area contributed by atoms with E-state index in [1.54, 1.807) is 16.4 Å². The summed E-state index contributed by atoms with van der Waals surface area (Å²) in [5.41, 5.74) is 1.08. The number of sulfonamides is 1. The molecule has 0 saturated carbocycles. The molecule has 1 aromatic carbocycles. The fourth-order valence-corrected chi connectivity index (χ4v) is 4.12. The van der Waals surface area contributed by atoms with Crippen molar-refractivity contribution in [2.75, 3.05) is 39.3 Å². The van der Waals surface area contributed by atoms with Crippen molar-refractivity contribution < 1.29 is 8.42 Å². The van der Waals surface area contributed by atoms with Crippen LogP contribution in [0.1, 0.15) is 5.56 Å². The van der Waals surface area contributed by atoms with Gasteiger partial charge in [-0.2, -0.15) is 4.31 Å². The molecular weight excluding hydrogens is 274 g/mol. The van der Waals surface area contributed by atoms with Crippen molar-refractivity contribution in [2.24, 2.45) is 0 Å². The summed E-state index contributed by atoms with van der Waals surface area (Å²) in [5, 5.41) is 3.26. The van der Waals surface area contributed by atoms with Crippen molar-refractivity contribution in [3.8, 4) is 0 Å². The van der Waals surface area contributed by atoms with Gasteiger partial charge in [0.25, 0.3) is 0 Å². The quantitative estimate of drug-likeness (QED) is 0.870. The van der Waals surface area contributed by atoms with Gasteiger partial charge in [-0.3, -0.25) is 4.90 Å². The number of hydrogen-bond acceptors (Lipinski definition) is 4. The lowest BCUT2D eigenvalue weighted by Gasteiger charge is -2.42. The SMILES string of the molecule is Cc1ccc(S(=O)(=O)N2CCN(C3CNC3)CC2)cc1. The third kappa shape index (κ3) is 2.61. The lowest BCUT2D eigenvalue weighted by atomic mass is 10.1. The van der Waals surface area contributed by atoms with E-state index in [4.69, 9.17) is 0 Å². The Kier molecular flexibility index (Phi) is 3.81. The minimum Gasteiger partial charge on any atom is -0.314 e. The lowest BCUT2D eigenvalue weighted by molar-refractivity contribution is 0.103. The molecule has 0 spiro atoms. The average Bonchev–Trinajstić information content (AvgIpc) is 2.38. The first-order valence-corrected chi connectivity index (χ1v) is 8.53. The smallest absolute Gasteiger partial charge is 0.243 e. The summed E-state index contributed by atoms with van der Waals surface area (Å²) in [5.74, 6) is 0. The minimum atomic E-state index is -3.33. The standard InChI is InChI=1S/C14H21N3O2S/c1-12-2-4-14(5-3-12)20(18,19)17-8-6-16(7-9-17)13-10-15-11-13/h2-5,13,15H,6-11H2,1H3. The highest BCUT2D eigenvalue weighted by Gasteiger charge is 2.32. The number of rotatable bonds is 3. The Bertz CT molecular complexity index is 559. The topological polar surface area (TPSA) is 52.7 Å². The predicted molar refractivity (Wildman–Crippen MR) is 78.2 cm³/mol. The van der Waals surface area contributed by atoms with Gasteiger partial charge in [-0.05, 0) is 19.1 Å². The average molecular weight is 295 g/mol. The summed E-state index contributed by atoms with van der Waals surface area (Å²) in [6.07, 6.45) is 0. The number of piperazine rings is 1. The summed E-state index contributed by atoms with van der Waals surface area (Å²) >= 11 is 0. The van der Waals surface area contributed by atoms with Gasteiger partial charge in [0.1, 0.15) is 0 Å². The van der Waals surface area contributed by atoms with E-state index in [1.165, 1.54) is 0 Å². The second-order valence-electron chi connectivity index (χ2n) is 5.57. The van der Waals surface area contributed by atoms with E-state index in [9.17, 15) is 8.42 Å². The predicted octanol–water partition coefficient (Wildman–Crippen LogP) is 0.273. The zero-order valence-corrected chi connectivity index (χ0v) is 12.6. The van der Waals surface area contributed by atoms with Crippen LogP contribution in [-0.2, 0) is 10.0 Å². The molecule has 2 aliphatic rings. The van der Waals surface area contributed by atoms with Crippen LogP contribution < -0.4 is 5.32 Å². The molecule has 2 heterocycles. The van der Waals surface area contributed by atoms with Crippen LogP contribution >= 0.6 is 0 Å². The summed E-state index contributed by atoms with van der Waals surface area (Å²) in [4.78, 5) is 2.79. The summed E-state index contributed by atoms with van der Waals surface area (Å²) in [7, 11) is -3.33. The van der Waals surface area contributed by atoms with E-state index in [1.807, 2.05) is 19.1 Å². The van der Waals surface area contributed by atoms with Crippen LogP contribution in [0.15, 0.2) is 29.2 Å². The summed E-state index contributed by atoms with van der Waals surface area (Å²) in [6, 6.07) is 7.70. The maximum atomic E-state index is 12.6. The van der Waals surface area contributed by atoms with E-state index in [-0.39, 0.29) is 0 Å². The second-order valence-corrected chi connectivity index (χ2v) is 7.50. The Morgan fingerprint density at radius 3 is 2.15 bits per heavy atom. The zero-order chi connectivity index (χ0) is 14.2. The van der Waals surface area contributed by atoms with Crippen molar-refractivity contribution >= 4 is 10.0 Å². The molecule has 0 radical (unpaired) electrons. The van der Waals surface area contributed by atoms with Crippen LogP contribution in [0.25, 0.3) is 0 Å². The first-order valence-electron chi connectivity index (χ1n) is 7.09. The van der Waals surface area contributed by atoms with Crippen molar-refractivity contribution in [3.63, 3.8) is 0 Å². The largest absolute Gasteiger partial charge is 0.314 e. The van der Waals surface area contributed by atoms with E-state index in [2.05, 4.69) is 10.2 Å². The number of nitrogens with one attached hydrogen (secondary N) is 1. The van der Waals surface area contributed by atoms with E-state index in [0.717, 1.165) is 31.7 Å². The van der Waals surface area contributed by atoms with Crippen LogP contribution in [0.5, 0.6) is 0 Å². The van der Waals surface area contributed by atoms with Gasteiger partial charge < -0.3 is 5.32 Å². The van der Waals surface area contributed by atoms with E-state index >= 15 is 0 Å². The molecule has 0 aromatic heterocycles. The van der Waals surface area contributed by atoms with Crippen LogP contribution in [0.3, 0.4) is 0 Å². The Morgan fingerprint density at radius 2 is 1.65 bits per heavy atom. The molecule has 1 N–H and O–H groups in total. The molecule has 0 amide bonds. The maximum absolute atomic E-state index is 12.6. The first kappa shape index (κ1) is 14.0. The first-order chi connectivity index (χ1) is 9.57. The summed E-state index contributed by atoms with van der Waals surface area (Å²) in [6.45, 7) is 6.87. The highest BCUT2D eigenvalue weighted by Crippen LogP contribution is 2.19. The molecule has 110 valence electrons. The summed E-state index contributed by atoms with van der Waals surface area (Å²) < 4.78 is 26.7. The Balaban J connectivity index is 1.68.